The summed E-state index contributed by atoms with van der Waals surface area (Å²) in [5, 5.41) is 2.61. The van der Waals surface area contributed by atoms with Crippen molar-refractivity contribution in [1.82, 2.24) is 24.8 Å². The van der Waals surface area contributed by atoms with Crippen molar-refractivity contribution >= 4 is 22.6 Å². The maximum Gasteiger partial charge on any atom is 0.269 e. The molecule has 1 aliphatic heterocycles. The molecule has 0 radical (unpaired) electrons. The van der Waals surface area contributed by atoms with E-state index in [1.807, 2.05) is 12.1 Å². The molecule has 1 aromatic carbocycles. The van der Waals surface area contributed by atoms with Crippen LogP contribution in [0.5, 0.6) is 5.75 Å². The molecular weight excluding hydrogens is 460 g/mol. The zero-order chi connectivity index (χ0) is 25.1. The minimum atomic E-state index is -0.203. The molecule has 1 saturated heterocycles. The molecule has 0 atom stereocenters. The highest BCUT2D eigenvalue weighted by atomic mass is 16.5. The number of amides is 1. The molecule has 10 heteroatoms. The van der Waals surface area contributed by atoms with Crippen LogP contribution in [0.1, 0.15) is 42.0 Å². The summed E-state index contributed by atoms with van der Waals surface area (Å²) in [5.74, 6) is 1.64. The van der Waals surface area contributed by atoms with Gasteiger partial charge in [-0.2, -0.15) is 0 Å². The molecule has 10 nitrogen and oxygen atoms in total. The predicted molar refractivity (Wildman–Crippen MR) is 136 cm³/mol. The summed E-state index contributed by atoms with van der Waals surface area (Å²) in [7, 11) is 3.36. The number of nitrogens with one attached hydrogen (secondary N) is 1. The molecule has 190 valence electrons. The van der Waals surface area contributed by atoms with Gasteiger partial charge in [-0.25, -0.2) is 15.0 Å². The van der Waals surface area contributed by atoms with Crippen LogP contribution in [0, 0.1) is 5.92 Å². The SMILES string of the molecule is CNC(=O)c1ccnc(CC2CCC(Oc3cc(N4CCOCC4)cc4ncc(=O)n(C)c34)CC2)n1. The zero-order valence-electron chi connectivity index (χ0n) is 20.8. The van der Waals surface area contributed by atoms with Crippen LogP contribution in [0.3, 0.4) is 0 Å². The fourth-order valence-corrected chi connectivity index (χ4v) is 5.07. The van der Waals surface area contributed by atoms with Gasteiger partial charge in [0.05, 0.1) is 31.0 Å². The molecular formula is C26H32N6O4. The van der Waals surface area contributed by atoms with Crippen LogP contribution < -0.4 is 20.5 Å². The second-order valence-electron chi connectivity index (χ2n) is 9.47. The number of ether oxygens (including phenoxy) is 2. The summed E-state index contributed by atoms with van der Waals surface area (Å²) in [5.41, 5.74) is 2.74. The zero-order valence-corrected chi connectivity index (χ0v) is 20.8. The molecule has 1 amide bonds. The van der Waals surface area contributed by atoms with Crippen molar-refractivity contribution in [2.75, 3.05) is 38.3 Å². The lowest BCUT2D eigenvalue weighted by Crippen LogP contribution is -2.36. The second-order valence-corrected chi connectivity index (χ2v) is 9.47. The molecule has 3 aromatic rings. The first kappa shape index (κ1) is 24.2. The Hall–Kier alpha value is -3.53. The fourth-order valence-electron chi connectivity index (χ4n) is 5.07. The monoisotopic (exact) mass is 492 g/mol. The van der Waals surface area contributed by atoms with Crippen molar-refractivity contribution in [3.8, 4) is 5.75 Å². The van der Waals surface area contributed by atoms with Crippen molar-refractivity contribution in [2.45, 2.75) is 38.2 Å². The molecule has 1 saturated carbocycles. The van der Waals surface area contributed by atoms with Gasteiger partial charge in [0.1, 0.15) is 22.8 Å². The fraction of sp³-hybridized carbons (Fsp3) is 0.500. The Labute approximate surface area is 209 Å². The Morgan fingerprint density at radius 1 is 1.17 bits per heavy atom. The van der Waals surface area contributed by atoms with E-state index in [1.165, 1.54) is 6.20 Å². The van der Waals surface area contributed by atoms with Gasteiger partial charge in [-0.3, -0.25) is 9.59 Å². The van der Waals surface area contributed by atoms with Crippen LogP contribution in [0.2, 0.25) is 0 Å². The van der Waals surface area contributed by atoms with E-state index in [0.717, 1.165) is 61.9 Å². The highest BCUT2D eigenvalue weighted by molar-refractivity contribution is 5.91. The Morgan fingerprint density at radius 3 is 2.69 bits per heavy atom. The molecule has 2 fully saturated rings. The van der Waals surface area contributed by atoms with Gasteiger partial charge in [0, 0.05) is 51.6 Å². The van der Waals surface area contributed by atoms with Crippen molar-refractivity contribution < 1.29 is 14.3 Å². The molecule has 1 aliphatic carbocycles. The quantitative estimate of drug-likeness (QED) is 0.557. The smallest absolute Gasteiger partial charge is 0.269 e. The number of nitrogens with zero attached hydrogens (tertiary/aromatic N) is 5. The van der Waals surface area contributed by atoms with Gasteiger partial charge < -0.3 is 24.3 Å². The minimum absolute atomic E-state index is 0.0535. The Morgan fingerprint density at radius 2 is 1.94 bits per heavy atom. The Kier molecular flexibility index (Phi) is 7.13. The molecule has 2 aliphatic rings. The van der Waals surface area contributed by atoms with E-state index < -0.39 is 0 Å². The van der Waals surface area contributed by atoms with Gasteiger partial charge in [-0.05, 0) is 43.7 Å². The summed E-state index contributed by atoms with van der Waals surface area (Å²) < 4.78 is 13.7. The molecule has 1 N–H and O–H groups in total. The average Bonchev–Trinajstić information content (AvgIpc) is 2.92. The van der Waals surface area contributed by atoms with Crippen LogP contribution in [-0.2, 0) is 18.2 Å². The van der Waals surface area contributed by atoms with Gasteiger partial charge in [0.15, 0.2) is 0 Å². The number of aryl methyl sites for hydroxylation is 1. The summed E-state index contributed by atoms with van der Waals surface area (Å²) in [4.78, 5) is 39.7. The first-order chi connectivity index (χ1) is 17.5. The number of rotatable bonds is 6. The summed E-state index contributed by atoms with van der Waals surface area (Å²) >= 11 is 0. The highest BCUT2D eigenvalue weighted by Crippen LogP contribution is 2.34. The molecule has 0 bridgehead atoms. The van der Waals surface area contributed by atoms with Gasteiger partial charge in [0.2, 0.25) is 0 Å². The standard InChI is InChI=1S/C26H32N6O4/c1-27-26(34)20-7-8-28-23(30-20)13-17-3-5-19(6-4-17)36-22-15-18(32-9-11-35-12-10-32)14-21-25(22)31(2)24(33)16-29-21/h7-8,14-17,19H,3-6,9-13H2,1-2H3,(H,27,34). The number of morpholine rings is 1. The van der Waals surface area contributed by atoms with Crippen molar-refractivity contribution in [3.05, 3.63) is 52.5 Å². The lowest BCUT2D eigenvalue weighted by Gasteiger charge is -2.31. The van der Waals surface area contributed by atoms with Crippen LogP contribution in [0.15, 0.2) is 35.4 Å². The van der Waals surface area contributed by atoms with Gasteiger partial charge in [-0.15, -0.1) is 0 Å². The summed E-state index contributed by atoms with van der Waals surface area (Å²) in [6.07, 6.45) is 7.57. The topological polar surface area (TPSA) is 111 Å². The largest absolute Gasteiger partial charge is 0.488 e. The van der Waals surface area contributed by atoms with E-state index in [1.54, 1.807) is 30.9 Å². The maximum absolute atomic E-state index is 12.3. The normalized spacial score (nSPS) is 20.3. The van der Waals surface area contributed by atoms with Crippen molar-refractivity contribution in [2.24, 2.45) is 13.0 Å². The number of anilines is 1. The van der Waals surface area contributed by atoms with E-state index in [-0.39, 0.29) is 17.6 Å². The molecule has 0 unspecified atom stereocenters. The third-order valence-electron chi connectivity index (χ3n) is 7.12. The van der Waals surface area contributed by atoms with Crippen molar-refractivity contribution in [1.29, 1.82) is 0 Å². The Bertz CT molecular complexity index is 1300. The first-order valence-corrected chi connectivity index (χ1v) is 12.5. The minimum Gasteiger partial charge on any atom is -0.488 e. The second kappa shape index (κ2) is 10.6. The number of fused-ring (bicyclic) bond motifs is 1. The number of carbonyl (C=O) groups is 1. The lowest BCUT2D eigenvalue weighted by atomic mass is 9.85. The third-order valence-corrected chi connectivity index (χ3v) is 7.12. The average molecular weight is 493 g/mol. The number of hydrogen-bond donors (Lipinski definition) is 1. The van der Waals surface area contributed by atoms with Crippen LogP contribution >= 0.6 is 0 Å². The van der Waals surface area contributed by atoms with E-state index in [2.05, 4.69) is 25.2 Å². The number of aromatic nitrogens is 4. The van der Waals surface area contributed by atoms with Gasteiger partial charge in [-0.1, -0.05) is 0 Å². The molecule has 0 spiro atoms. The molecule has 5 rings (SSSR count). The van der Waals surface area contributed by atoms with E-state index >= 15 is 0 Å². The van der Waals surface area contributed by atoms with E-state index in [0.29, 0.717) is 36.4 Å². The van der Waals surface area contributed by atoms with Gasteiger partial charge >= 0.3 is 0 Å². The third kappa shape index (κ3) is 5.18. The molecule has 36 heavy (non-hydrogen) atoms. The van der Waals surface area contributed by atoms with Crippen LogP contribution in [-0.4, -0.2) is 64.9 Å². The molecule has 2 aromatic heterocycles. The summed E-state index contributed by atoms with van der Waals surface area (Å²) in [6.45, 7) is 3.00. The molecule has 3 heterocycles. The van der Waals surface area contributed by atoms with Gasteiger partial charge in [0.25, 0.3) is 11.5 Å². The lowest BCUT2D eigenvalue weighted by molar-refractivity contribution is 0.0957. The highest BCUT2D eigenvalue weighted by Gasteiger charge is 2.25. The van der Waals surface area contributed by atoms with E-state index in [9.17, 15) is 9.59 Å². The predicted octanol–water partition coefficient (Wildman–Crippen LogP) is 2.10. The van der Waals surface area contributed by atoms with Crippen LogP contribution in [0.4, 0.5) is 5.69 Å². The Balaban J connectivity index is 1.30. The number of carbonyl (C=O) groups excluding carboxylic acids is 1. The summed E-state index contributed by atoms with van der Waals surface area (Å²) in [6, 6.07) is 5.69. The van der Waals surface area contributed by atoms with Crippen LogP contribution in [0.25, 0.3) is 11.0 Å². The maximum atomic E-state index is 12.3. The number of benzene rings is 1. The first-order valence-electron chi connectivity index (χ1n) is 12.5. The number of hydrogen-bond acceptors (Lipinski definition) is 8. The van der Waals surface area contributed by atoms with Crippen molar-refractivity contribution in [3.63, 3.8) is 0 Å². The van der Waals surface area contributed by atoms with E-state index in [4.69, 9.17) is 9.47 Å².